The molecular formula is C12H20FN3O2S. The molecule has 5 nitrogen and oxygen atoms in total. The average molecular weight is 289 g/mol. The number of anilines is 1. The highest BCUT2D eigenvalue weighted by atomic mass is 32.2. The van der Waals surface area contributed by atoms with Gasteiger partial charge in [0.1, 0.15) is 21.5 Å². The topological polar surface area (TPSA) is 62.3 Å². The molecule has 7 heteroatoms. The fourth-order valence-corrected chi connectivity index (χ4v) is 2.22. The van der Waals surface area contributed by atoms with Crippen molar-refractivity contribution in [2.45, 2.75) is 13.5 Å². The molecule has 1 aromatic heterocycles. The van der Waals surface area contributed by atoms with E-state index in [0.717, 1.165) is 18.3 Å². The van der Waals surface area contributed by atoms with Crippen LogP contribution in [-0.4, -0.2) is 45.5 Å². The summed E-state index contributed by atoms with van der Waals surface area (Å²) >= 11 is 0. The molecule has 1 N–H and O–H groups in total. The number of aromatic nitrogens is 1. The van der Waals surface area contributed by atoms with Gasteiger partial charge in [-0.05, 0) is 12.6 Å². The van der Waals surface area contributed by atoms with E-state index < -0.39 is 15.7 Å². The van der Waals surface area contributed by atoms with E-state index >= 15 is 0 Å². The Kier molecular flexibility index (Phi) is 5.68. The Bertz CT molecular complexity index is 520. The lowest BCUT2D eigenvalue weighted by Crippen LogP contribution is -2.27. The van der Waals surface area contributed by atoms with E-state index in [1.54, 1.807) is 11.9 Å². The molecule has 0 saturated heterocycles. The van der Waals surface area contributed by atoms with Gasteiger partial charge in [-0.15, -0.1) is 0 Å². The number of nitrogens with zero attached hydrogens (tertiary/aromatic N) is 2. The van der Waals surface area contributed by atoms with Crippen LogP contribution in [0, 0.1) is 5.82 Å². The van der Waals surface area contributed by atoms with Crippen molar-refractivity contribution in [2.75, 3.05) is 37.0 Å². The molecule has 0 aliphatic heterocycles. The standard InChI is InChI=1S/C12H20FN3O2S/c1-4-14-8-10-7-11(13)9-15-12(10)16(2)5-6-19(3,17)18/h7,9,14H,4-6,8H2,1-3H3. The monoisotopic (exact) mass is 289 g/mol. The zero-order valence-corrected chi connectivity index (χ0v) is 12.3. The molecule has 0 amide bonds. The van der Waals surface area contributed by atoms with E-state index in [9.17, 15) is 12.8 Å². The van der Waals surface area contributed by atoms with Crippen LogP contribution in [0.1, 0.15) is 12.5 Å². The van der Waals surface area contributed by atoms with E-state index in [4.69, 9.17) is 0 Å². The Morgan fingerprint density at radius 2 is 2.16 bits per heavy atom. The van der Waals surface area contributed by atoms with Gasteiger partial charge in [0.05, 0.1) is 11.9 Å². The molecule has 0 bridgehead atoms. The summed E-state index contributed by atoms with van der Waals surface area (Å²) in [5, 5.41) is 3.11. The Labute approximate surface area is 113 Å². The maximum atomic E-state index is 13.2. The lowest BCUT2D eigenvalue weighted by Gasteiger charge is -2.21. The van der Waals surface area contributed by atoms with Gasteiger partial charge in [0.2, 0.25) is 0 Å². The summed E-state index contributed by atoms with van der Waals surface area (Å²) < 4.78 is 35.5. The van der Waals surface area contributed by atoms with Crippen molar-refractivity contribution < 1.29 is 12.8 Å². The van der Waals surface area contributed by atoms with Crippen molar-refractivity contribution in [1.29, 1.82) is 0 Å². The van der Waals surface area contributed by atoms with Crippen molar-refractivity contribution in [3.05, 3.63) is 23.6 Å². The number of halogens is 1. The van der Waals surface area contributed by atoms with E-state index in [-0.39, 0.29) is 5.75 Å². The third-order valence-electron chi connectivity index (χ3n) is 2.63. The molecule has 108 valence electrons. The summed E-state index contributed by atoms with van der Waals surface area (Å²) in [4.78, 5) is 5.78. The van der Waals surface area contributed by atoms with E-state index in [0.29, 0.717) is 18.9 Å². The van der Waals surface area contributed by atoms with Crippen LogP contribution in [0.4, 0.5) is 10.2 Å². The first-order chi connectivity index (χ1) is 8.83. The van der Waals surface area contributed by atoms with Gasteiger partial charge in [0, 0.05) is 32.0 Å². The molecule has 0 atom stereocenters. The Morgan fingerprint density at radius 3 is 2.74 bits per heavy atom. The van der Waals surface area contributed by atoms with Crippen LogP contribution in [-0.2, 0) is 16.4 Å². The molecule has 0 unspecified atom stereocenters. The average Bonchev–Trinajstić information content (AvgIpc) is 2.32. The first-order valence-corrected chi connectivity index (χ1v) is 8.13. The molecule has 1 rings (SSSR count). The summed E-state index contributed by atoms with van der Waals surface area (Å²) in [5.41, 5.74) is 0.720. The first kappa shape index (κ1) is 15.8. The number of hydrogen-bond donors (Lipinski definition) is 1. The first-order valence-electron chi connectivity index (χ1n) is 6.07. The summed E-state index contributed by atoms with van der Waals surface area (Å²) in [7, 11) is -1.27. The SMILES string of the molecule is CCNCc1cc(F)cnc1N(C)CCS(C)(=O)=O. The minimum Gasteiger partial charge on any atom is -0.358 e. The minimum absolute atomic E-state index is 0.0448. The molecule has 0 spiro atoms. The second kappa shape index (κ2) is 6.81. The summed E-state index contributed by atoms with van der Waals surface area (Å²) in [5.74, 6) is 0.252. The summed E-state index contributed by atoms with van der Waals surface area (Å²) in [6, 6.07) is 1.42. The number of hydrogen-bond acceptors (Lipinski definition) is 5. The van der Waals surface area contributed by atoms with Gasteiger partial charge in [0.15, 0.2) is 0 Å². The van der Waals surface area contributed by atoms with Gasteiger partial charge in [-0.2, -0.15) is 0 Å². The molecule has 1 heterocycles. The molecular weight excluding hydrogens is 269 g/mol. The normalized spacial score (nSPS) is 11.6. The lowest BCUT2D eigenvalue weighted by atomic mass is 10.2. The second-order valence-corrected chi connectivity index (χ2v) is 6.73. The summed E-state index contributed by atoms with van der Waals surface area (Å²) in [6.07, 6.45) is 2.33. The zero-order chi connectivity index (χ0) is 14.5. The van der Waals surface area contributed by atoms with Gasteiger partial charge < -0.3 is 10.2 Å². The smallest absolute Gasteiger partial charge is 0.149 e. The number of rotatable bonds is 7. The van der Waals surface area contributed by atoms with E-state index in [1.165, 1.54) is 12.3 Å². The third kappa shape index (κ3) is 5.52. The zero-order valence-electron chi connectivity index (χ0n) is 11.5. The molecule has 0 radical (unpaired) electrons. The quantitative estimate of drug-likeness (QED) is 0.805. The number of sulfone groups is 1. The Balaban J connectivity index is 2.85. The van der Waals surface area contributed by atoms with Crippen LogP contribution in [0.5, 0.6) is 0 Å². The molecule has 0 saturated carbocycles. The fourth-order valence-electron chi connectivity index (χ4n) is 1.62. The highest BCUT2D eigenvalue weighted by Gasteiger charge is 2.12. The number of nitrogens with one attached hydrogen (secondary N) is 1. The van der Waals surface area contributed by atoms with Crippen LogP contribution in [0.25, 0.3) is 0 Å². The third-order valence-corrected chi connectivity index (χ3v) is 3.56. The Hall–Kier alpha value is -1.21. The van der Waals surface area contributed by atoms with Crippen molar-refractivity contribution in [3.63, 3.8) is 0 Å². The lowest BCUT2D eigenvalue weighted by molar-refractivity contribution is 0.600. The predicted octanol–water partition coefficient (Wildman–Crippen LogP) is 0.811. The largest absolute Gasteiger partial charge is 0.358 e. The Morgan fingerprint density at radius 1 is 1.47 bits per heavy atom. The van der Waals surface area contributed by atoms with Crippen LogP contribution in [0.2, 0.25) is 0 Å². The number of pyridine rings is 1. The molecule has 19 heavy (non-hydrogen) atoms. The van der Waals surface area contributed by atoms with E-state index in [1.807, 2.05) is 6.92 Å². The van der Waals surface area contributed by atoms with Crippen molar-refractivity contribution >= 4 is 15.7 Å². The molecule has 0 aromatic carbocycles. The van der Waals surface area contributed by atoms with Crippen molar-refractivity contribution in [3.8, 4) is 0 Å². The molecule has 0 aliphatic carbocycles. The fraction of sp³-hybridized carbons (Fsp3) is 0.583. The molecule has 1 aromatic rings. The predicted molar refractivity (Wildman–Crippen MR) is 74.6 cm³/mol. The maximum Gasteiger partial charge on any atom is 0.149 e. The van der Waals surface area contributed by atoms with Crippen molar-refractivity contribution in [1.82, 2.24) is 10.3 Å². The van der Waals surface area contributed by atoms with E-state index in [2.05, 4.69) is 10.3 Å². The highest BCUT2D eigenvalue weighted by molar-refractivity contribution is 7.90. The van der Waals surface area contributed by atoms with Gasteiger partial charge >= 0.3 is 0 Å². The van der Waals surface area contributed by atoms with Crippen LogP contribution in [0.15, 0.2) is 12.3 Å². The van der Waals surface area contributed by atoms with Crippen LogP contribution in [0.3, 0.4) is 0 Å². The minimum atomic E-state index is -3.02. The second-order valence-electron chi connectivity index (χ2n) is 4.47. The van der Waals surface area contributed by atoms with Crippen molar-refractivity contribution in [2.24, 2.45) is 0 Å². The maximum absolute atomic E-state index is 13.2. The highest BCUT2D eigenvalue weighted by Crippen LogP contribution is 2.17. The van der Waals surface area contributed by atoms with Gasteiger partial charge in [-0.3, -0.25) is 0 Å². The van der Waals surface area contributed by atoms with Crippen LogP contribution >= 0.6 is 0 Å². The van der Waals surface area contributed by atoms with Gasteiger partial charge in [0.25, 0.3) is 0 Å². The van der Waals surface area contributed by atoms with Gasteiger partial charge in [-0.1, -0.05) is 6.92 Å². The molecule has 0 fully saturated rings. The summed E-state index contributed by atoms with van der Waals surface area (Å²) in [6.45, 7) is 3.55. The molecule has 0 aliphatic rings. The van der Waals surface area contributed by atoms with Crippen LogP contribution < -0.4 is 10.2 Å². The van der Waals surface area contributed by atoms with Gasteiger partial charge in [-0.25, -0.2) is 17.8 Å².